The van der Waals surface area contributed by atoms with Crippen molar-refractivity contribution in [1.29, 1.82) is 5.26 Å². The van der Waals surface area contributed by atoms with E-state index in [0.29, 0.717) is 5.92 Å². The highest BCUT2D eigenvalue weighted by Gasteiger charge is 2.12. The van der Waals surface area contributed by atoms with Crippen LogP contribution in [0.2, 0.25) is 0 Å². The van der Waals surface area contributed by atoms with Crippen LogP contribution in [0.3, 0.4) is 0 Å². The summed E-state index contributed by atoms with van der Waals surface area (Å²) in [6, 6.07) is 12.8. The van der Waals surface area contributed by atoms with Gasteiger partial charge in [0, 0.05) is 0 Å². The normalized spacial score (nSPS) is 14.1. The standard InChI is InChI=1S/C15H21N/c1-3-7-13(2)10-15(12-16)11-14-8-5-4-6-9-14/h4-6,8-9,13,15H,3,7,10-11H2,1-2H3. The highest BCUT2D eigenvalue weighted by molar-refractivity contribution is 5.16. The summed E-state index contributed by atoms with van der Waals surface area (Å²) in [6.07, 6.45) is 4.36. The van der Waals surface area contributed by atoms with Crippen LogP contribution in [0.25, 0.3) is 0 Å². The van der Waals surface area contributed by atoms with Crippen LogP contribution in [0.15, 0.2) is 30.3 Å². The summed E-state index contributed by atoms with van der Waals surface area (Å²) >= 11 is 0. The zero-order chi connectivity index (χ0) is 11.8. The van der Waals surface area contributed by atoms with E-state index in [2.05, 4.69) is 32.0 Å². The van der Waals surface area contributed by atoms with Gasteiger partial charge in [0.1, 0.15) is 0 Å². The maximum absolute atomic E-state index is 9.15. The van der Waals surface area contributed by atoms with Crippen molar-refractivity contribution in [2.75, 3.05) is 0 Å². The average Bonchev–Trinajstić information content (AvgIpc) is 2.30. The Labute approximate surface area is 99.1 Å². The second kappa shape index (κ2) is 7.06. The molecule has 1 rings (SSSR count). The maximum Gasteiger partial charge on any atom is 0.0659 e. The highest BCUT2D eigenvalue weighted by Crippen LogP contribution is 2.20. The molecule has 0 saturated heterocycles. The maximum atomic E-state index is 9.15. The largest absolute Gasteiger partial charge is 0.198 e. The SMILES string of the molecule is CCCC(C)CC(C#N)Cc1ccccc1. The Kier molecular flexibility index (Phi) is 5.64. The molecule has 0 fully saturated rings. The molecule has 0 aliphatic rings. The van der Waals surface area contributed by atoms with E-state index in [4.69, 9.17) is 5.26 Å². The predicted octanol–water partition coefficient (Wildman–Crippen LogP) is 4.20. The molecule has 0 aromatic heterocycles. The molecule has 0 radical (unpaired) electrons. The van der Waals surface area contributed by atoms with Gasteiger partial charge in [-0.3, -0.25) is 0 Å². The van der Waals surface area contributed by atoms with E-state index in [1.807, 2.05) is 18.2 Å². The van der Waals surface area contributed by atoms with Crippen molar-refractivity contribution in [2.45, 2.75) is 39.5 Å². The molecule has 86 valence electrons. The average molecular weight is 215 g/mol. The van der Waals surface area contributed by atoms with Crippen LogP contribution in [0, 0.1) is 23.2 Å². The van der Waals surface area contributed by atoms with Crippen molar-refractivity contribution in [3.05, 3.63) is 35.9 Å². The molecule has 0 amide bonds. The summed E-state index contributed by atoms with van der Waals surface area (Å²) in [5.74, 6) is 0.835. The van der Waals surface area contributed by atoms with Crippen LogP contribution in [0.4, 0.5) is 0 Å². The van der Waals surface area contributed by atoms with Crippen molar-refractivity contribution in [2.24, 2.45) is 11.8 Å². The van der Waals surface area contributed by atoms with Gasteiger partial charge in [-0.15, -0.1) is 0 Å². The number of nitriles is 1. The minimum Gasteiger partial charge on any atom is -0.198 e. The van der Waals surface area contributed by atoms with E-state index in [9.17, 15) is 0 Å². The highest BCUT2D eigenvalue weighted by atomic mass is 14.3. The molecule has 0 heterocycles. The summed E-state index contributed by atoms with van der Waals surface area (Å²) < 4.78 is 0. The third-order valence-corrected chi connectivity index (χ3v) is 2.98. The molecule has 1 aromatic carbocycles. The Morgan fingerprint density at radius 3 is 2.50 bits per heavy atom. The van der Waals surface area contributed by atoms with Crippen LogP contribution in [-0.2, 0) is 6.42 Å². The fourth-order valence-electron chi connectivity index (χ4n) is 2.18. The van der Waals surface area contributed by atoms with Gasteiger partial charge in [0.2, 0.25) is 0 Å². The minimum absolute atomic E-state index is 0.170. The monoisotopic (exact) mass is 215 g/mol. The van der Waals surface area contributed by atoms with E-state index in [0.717, 1.165) is 12.8 Å². The first-order valence-electron chi connectivity index (χ1n) is 6.19. The lowest BCUT2D eigenvalue weighted by Crippen LogP contribution is -2.07. The van der Waals surface area contributed by atoms with Gasteiger partial charge < -0.3 is 0 Å². The minimum atomic E-state index is 0.170. The predicted molar refractivity (Wildman–Crippen MR) is 67.9 cm³/mol. The number of benzene rings is 1. The van der Waals surface area contributed by atoms with E-state index in [1.54, 1.807) is 0 Å². The molecule has 0 spiro atoms. The Bertz CT molecular complexity index is 323. The first-order chi connectivity index (χ1) is 7.76. The third kappa shape index (κ3) is 4.49. The van der Waals surface area contributed by atoms with Crippen molar-refractivity contribution in [3.8, 4) is 6.07 Å². The topological polar surface area (TPSA) is 23.8 Å². The molecule has 2 atom stereocenters. The lowest BCUT2D eigenvalue weighted by molar-refractivity contribution is 0.421. The van der Waals surface area contributed by atoms with Gasteiger partial charge >= 0.3 is 0 Å². The fraction of sp³-hybridized carbons (Fsp3) is 0.533. The van der Waals surface area contributed by atoms with Crippen molar-refractivity contribution >= 4 is 0 Å². The molecule has 1 aromatic rings. The van der Waals surface area contributed by atoms with Gasteiger partial charge in [-0.25, -0.2) is 0 Å². The van der Waals surface area contributed by atoms with Gasteiger partial charge in [0.15, 0.2) is 0 Å². The lowest BCUT2D eigenvalue weighted by Gasteiger charge is -2.14. The Morgan fingerprint density at radius 1 is 1.25 bits per heavy atom. The Balaban J connectivity index is 2.47. The van der Waals surface area contributed by atoms with Crippen LogP contribution < -0.4 is 0 Å². The zero-order valence-corrected chi connectivity index (χ0v) is 10.3. The zero-order valence-electron chi connectivity index (χ0n) is 10.3. The van der Waals surface area contributed by atoms with E-state index in [-0.39, 0.29) is 5.92 Å². The quantitative estimate of drug-likeness (QED) is 0.698. The van der Waals surface area contributed by atoms with E-state index < -0.39 is 0 Å². The lowest BCUT2D eigenvalue weighted by atomic mass is 9.89. The molecule has 0 aliphatic heterocycles. The molecule has 0 N–H and O–H groups in total. The first-order valence-corrected chi connectivity index (χ1v) is 6.19. The van der Waals surface area contributed by atoms with Crippen LogP contribution in [0.1, 0.15) is 38.7 Å². The number of rotatable bonds is 6. The smallest absolute Gasteiger partial charge is 0.0659 e. The van der Waals surface area contributed by atoms with Gasteiger partial charge in [-0.2, -0.15) is 5.26 Å². The van der Waals surface area contributed by atoms with E-state index in [1.165, 1.54) is 18.4 Å². The van der Waals surface area contributed by atoms with Gasteiger partial charge in [0.25, 0.3) is 0 Å². The summed E-state index contributed by atoms with van der Waals surface area (Å²) in [5.41, 5.74) is 1.28. The molecule has 1 heteroatoms. The van der Waals surface area contributed by atoms with Crippen LogP contribution in [0.5, 0.6) is 0 Å². The van der Waals surface area contributed by atoms with Crippen LogP contribution in [-0.4, -0.2) is 0 Å². The summed E-state index contributed by atoms with van der Waals surface area (Å²) in [6.45, 7) is 4.45. The molecule has 2 unspecified atom stereocenters. The van der Waals surface area contributed by atoms with Gasteiger partial charge in [-0.05, 0) is 24.3 Å². The molecule has 16 heavy (non-hydrogen) atoms. The summed E-state index contributed by atoms with van der Waals surface area (Å²) in [7, 11) is 0. The summed E-state index contributed by atoms with van der Waals surface area (Å²) in [4.78, 5) is 0. The first kappa shape index (κ1) is 12.8. The van der Waals surface area contributed by atoms with Crippen molar-refractivity contribution < 1.29 is 0 Å². The Morgan fingerprint density at radius 2 is 1.94 bits per heavy atom. The van der Waals surface area contributed by atoms with Crippen molar-refractivity contribution in [1.82, 2.24) is 0 Å². The van der Waals surface area contributed by atoms with E-state index >= 15 is 0 Å². The molecule has 0 saturated carbocycles. The Hall–Kier alpha value is -1.29. The molecule has 0 bridgehead atoms. The number of hydrogen-bond acceptors (Lipinski definition) is 1. The summed E-state index contributed by atoms with van der Waals surface area (Å²) in [5, 5.41) is 9.15. The van der Waals surface area contributed by atoms with Crippen LogP contribution >= 0.6 is 0 Å². The molecule has 0 aliphatic carbocycles. The number of nitrogens with zero attached hydrogens (tertiary/aromatic N) is 1. The number of hydrogen-bond donors (Lipinski definition) is 0. The second-order valence-electron chi connectivity index (χ2n) is 4.65. The third-order valence-electron chi connectivity index (χ3n) is 2.98. The molecular weight excluding hydrogens is 194 g/mol. The van der Waals surface area contributed by atoms with Gasteiger partial charge in [-0.1, -0.05) is 57.0 Å². The van der Waals surface area contributed by atoms with Gasteiger partial charge in [0.05, 0.1) is 12.0 Å². The van der Waals surface area contributed by atoms with Crippen molar-refractivity contribution in [3.63, 3.8) is 0 Å². The molecule has 1 nitrogen and oxygen atoms in total. The molecular formula is C15H21N. The second-order valence-corrected chi connectivity index (χ2v) is 4.65. The fourth-order valence-corrected chi connectivity index (χ4v) is 2.18.